The van der Waals surface area contributed by atoms with Crippen molar-refractivity contribution in [3.05, 3.63) is 0 Å². The Bertz CT molecular complexity index is 1260. The van der Waals surface area contributed by atoms with Gasteiger partial charge >= 0.3 is 11.9 Å². The minimum atomic E-state index is -1.85. The Kier molecular flexibility index (Phi) is 36.0. The molecule has 2 rings (SSSR count). The van der Waals surface area contributed by atoms with E-state index in [0.717, 1.165) is 38.5 Å². The fraction of sp³-hybridized carbons (Fsp3) is 0.964. The average molecular weight is 989 g/mol. The van der Waals surface area contributed by atoms with Crippen molar-refractivity contribution in [1.29, 1.82) is 0 Å². The molecule has 408 valence electrons. The van der Waals surface area contributed by atoms with Gasteiger partial charge in [0.05, 0.1) is 25.2 Å². The summed E-state index contributed by atoms with van der Waals surface area (Å²) in [5.41, 5.74) is 0. The number of aliphatic hydroxyl groups is 7. The monoisotopic (exact) mass is 989 g/mol. The van der Waals surface area contributed by atoms with Crippen molar-refractivity contribution in [3.63, 3.8) is 0 Å². The Morgan fingerprint density at radius 1 is 0.493 bits per heavy atom. The summed E-state index contributed by atoms with van der Waals surface area (Å²) in [6, 6.07) is 0. The standard InChI is InChI=1S/C55H104O14/c1-6-8-10-12-14-16-18-20-21-22-24-25-27-29-31-33-35-40(3)37-41(4)46(59)42(5)53(64)68-51-48(61)44(39-57)66-55(69-54-50(63)49(62)47(60)43(38-56)65-54)52(51)67-45(58)36-34-32-30-28-26-23-19-17-15-13-11-9-7-2/h40-44,46-52,54-57,59-63H,6-39H2,1-5H3/t40-,41-,42-,43?,44?,46-,47+,48+,49?,50-,51?,52+,54+,55+/m0/s1. The van der Waals surface area contributed by atoms with Gasteiger partial charge in [0.15, 0.2) is 18.5 Å². The zero-order chi connectivity index (χ0) is 50.8. The Hall–Kier alpha value is -1.46. The molecule has 0 bridgehead atoms. The van der Waals surface area contributed by atoms with Crippen LogP contribution in [0.25, 0.3) is 0 Å². The second-order valence-electron chi connectivity index (χ2n) is 21.1. The van der Waals surface area contributed by atoms with E-state index < -0.39 is 98.6 Å². The Morgan fingerprint density at radius 3 is 1.35 bits per heavy atom. The van der Waals surface area contributed by atoms with Gasteiger partial charge in [-0.3, -0.25) is 9.59 Å². The van der Waals surface area contributed by atoms with Crippen LogP contribution in [0.1, 0.15) is 240 Å². The molecule has 2 aliphatic rings. The predicted molar refractivity (Wildman–Crippen MR) is 269 cm³/mol. The van der Waals surface area contributed by atoms with Gasteiger partial charge in [0.1, 0.15) is 36.6 Å². The summed E-state index contributed by atoms with van der Waals surface area (Å²) in [6.07, 6.45) is 19.8. The van der Waals surface area contributed by atoms with Gasteiger partial charge in [-0.2, -0.15) is 0 Å². The van der Waals surface area contributed by atoms with Gasteiger partial charge in [-0.1, -0.05) is 214 Å². The van der Waals surface area contributed by atoms with Crippen LogP contribution in [-0.2, 0) is 33.3 Å². The molecule has 0 spiro atoms. The van der Waals surface area contributed by atoms with Crippen molar-refractivity contribution in [2.45, 2.75) is 308 Å². The minimum absolute atomic E-state index is 0.00543. The lowest BCUT2D eigenvalue weighted by molar-refractivity contribution is -0.377. The van der Waals surface area contributed by atoms with E-state index in [1.54, 1.807) is 0 Å². The highest BCUT2D eigenvalue weighted by molar-refractivity contribution is 5.73. The van der Waals surface area contributed by atoms with E-state index in [-0.39, 0.29) is 12.3 Å². The molecule has 2 heterocycles. The molecule has 2 aliphatic heterocycles. The molecule has 0 saturated carbocycles. The van der Waals surface area contributed by atoms with Crippen molar-refractivity contribution >= 4 is 11.9 Å². The molecular formula is C55H104O14. The van der Waals surface area contributed by atoms with Crippen LogP contribution in [0.3, 0.4) is 0 Å². The Labute approximate surface area is 418 Å². The first-order valence-corrected chi connectivity index (χ1v) is 28.3. The van der Waals surface area contributed by atoms with E-state index in [2.05, 4.69) is 20.8 Å². The number of rotatable bonds is 42. The number of carbonyl (C=O) groups excluding carboxylic acids is 2. The van der Waals surface area contributed by atoms with Crippen molar-refractivity contribution < 1.29 is 69.0 Å². The van der Waals surface area contributed by atoms with E-state index in [1.165, 1.54) is 155 Å². The number of esters is 2. The van der Waals surface area contributed by atoms with E-state index >= 15 is 0 Å². The molecule has 14 atom stereocenters. The molecular weight excluding hydrogens is 885 g/mol. The summed E-state index contributed by atoms with van der Waals surface area (Å²) in [6.45, 7) is 8.59. The maximum Gasteiger partial charge on any atom is 0.311 e. The molecule has 4 unspecified atom stereocenters. The van der Waals surface area contributed by atoms with Crippen LogP contribution in [0, 0.1) is 17.8 Å². The second kappa shape index (κ2) is 39.1. The third kappa shape index (κ3) is 25.9. The van der Waals surface area contributed by atoms with Crippen LogP contribution in [-0.4, -0.2) is 128 Å². The summed E-state index contributed by atoms with van der Waals surface area (Å²) in [5.74, 6) is -2.54. The molecule has 2 fully saturated rings. The molecule has 14 nitrogen and oxygen atoms in total. The smallest absolute Gasteiger partial charge is 0.311 e. The highest BCUT2D eigenvalue weighted by Crippen LogP contribution is 2.33. The molecule has 0 radical (unpaired) electrons. The fourth-order valence-corrected chi connectivity index (χ4v) is 10.0. The van der Waals surface area contributed by atoms with Crippen LogP contribution in [0.5, 0.6) is 0 Å². The quantitative estimate of drug-likeness (QED) is 0.0224. The predicted octanol–water partition coefficient (Wildman–Crippen LogP) is 9.50. The average Bonchev–Trinajstić information content (AvgIpc) is 3.34. The lowest BCUT2D eigenvalue weighted by atomic mass is 9.85. The van der Waals surface area contributed by atoms with Crippen molar-refractivity contribution in [2.75, 3.05) is 13.2 Å². The Balaban J connectivity index is 1.93. The van der Waals surface area contributed by atoms with Gasteiger partial charge < -0.3 is 59.4 Å². The van der Waals surface area contributed by atoms with E-state index in [1.807, 2.05) is 6.92 Å². The minimum Gasteiger partial charge on any atom is -0.455 e. The highest BCUT2D eigenvalue weighted by atomic mass is 16.8. The Morgan fingerprint density at radius 2 is 0.899 bits per heavy atom. The third-order valence-corrected chi connectivity index (χ3v) is 14.7. The topological polar surface area (TPSA) is 222 Å². The molecule has 0 amide bonds. The second-order valence-corrected chi connectivity index (χ2v) is 21.1. The largest absolute Gasteiger partial charge is 0.455 e. The van der Waals surface area contributed by atoms with Gasteiger partial charge in [0.25, 0.3) is 0 Å². The SMILES string of the molecule is CCCCCCCCCCCCCCCCCC[C@H](C)C[C@H](C)[C@H](O)[C@H](C)C(=O)OC1[C@H](O)C(CO)O[C@H](O[C@H]2OC(CO)[C@@H](O)C(O)[C@@H]2O)[C@@H]1OC(=O)CCCCCCCCCCCCCCC. The summed E-state index contributed by atoms with van der Waals surface area (Å²) < 4.78 is 29.0. The van der Waals surface area contributed by atoms with Gasteiger partial charge in [-0.25, -0.2) is 0 Å². The van der Waals surface area contributed by atoms with Crippen LogP contribution in [0.4, 0.5) is 0 Å². The number of unbranched alkanes of at least 4 members (excludes halogenated alkanes) is 27. The van der Waals surface area contributed by atoms with Gasteiger partial charge in [0.2, 0.25) is 6.29 Å². The number of ether oxygens (including phenoxy) is 5. The molecule has 14 heteroatoms. The summed E-state index contributed by atoms with van der Waals surface area (Å²) in [7, 11) is 0. The van der Waals surface area contributed by atoms with E-state index in [0.29, 0.717) is 18.8 Å². The highest BCUT2D eigenvalue weighted by Gasteiger charge is 2.53. The normalized spacial score (nSPS) is 26.9. The third-order valence-electron chi connectivity index (χ3n) is 14.7. The first kappa shape index (κ1) is 63.7. The molecule has 0 aromatic heterocycles. The summed E-state index contributed by atoms with van der Waals surface area (Å²) in [5, 5.41) is 74.4. The lowest BCUT2D eigenvalue weighted by Gasteiger charge is -2.46. The van der Waals surface area contributed by atoms with Gasteiger partial charge in [-0.05, 0) is 31.6 Å². The molecule has 2 saturated heterocycles. The van der Waals surface area contributed by atoms with Crippen LogP contribution in [0.2, 0.25) is 0 Å². The molecule has 69 heavy (non-hydrogen) atoms. The number of hydrogen-bond donors (Lipinski definition) is 7. The van der Waals surface area contributed by atoms with Crippen molar-refractivity contribution in [2.24, 2.45) is 17.8 Å². The van der Waals surface area contributed by atoms with Crippen LogP contribution in [0.15, 0.2) is 0 Å². The first-order valence-electron chi connectivity index (χ1n) is 28.3. The first-order chi connectivity index (χ1) is 33.3. The van der Waals surface area contributed by atoms with Gasteiger partial charge in [0, 0.05) is 6.42 Å². The maximum absolute atomic E-state index is 13.8. The van der Waals surface area contributed by atoms with Crippen LogP contribution < -0.4 is 0 Å². The summed E-state index contributed by atoms with van der Waals surface area (Å²) >= 11 is 0. The molecule has 0 aromatic rings. The molecule has 7 N–H and O–H groups in total. The maximum atomic E-state index is 13.8. The number of aliphatic hydroxyl groups excluding tert-OH is 7. The van der Waals surface area contributed by atoms with E-state index in [4.69, 9.17) is 23.7 Å². The zero-order valence-corrected chi connectivity index (χ0v) is 44.1. The molecule has 0 aliphatic carbocycles. The molecule has 0 aromatic carbocycles. The van der Waals surface area contributed by atoms with Crippen molar-refractivity contribution in [1.82, 2.24) is 0 Å². The fourth-order valence-electron chi connectivity index (χ4n) is 10.0. The lowest BCUT2D eigenvalue weighted by Crippen LogP contribution is -2.65. The summed E-state index contributed by atoms with van der Waals surface area (Å²) in [4.78, 5) is 27.3. The van der Waals surface area contributed by atoms with Crippen molar-refractivity contribution in [3.8, 4) is 0 Å². The van der Waals surface area contributed by atoms with E-state index in [9.17, 15) is 45.3 Å². The number of hydrogen-bond acceptors (Lipinski definition) is 14. The zero-order valence-electron chi connectivity index (χ0n) is 44.1. The number of carbonyl (C=O) groups is 2. The van der Waals surface area contributed by atoms with Gasteiger partial charge in [-0.15, -0.1) is 0 Å². The van der Waals surface area contributed by atoms with Crippen LogP contribution >= 0.6 is 0 Å².